The highest BCUT2D eigenvalue weighted by atomic mass is 16.5. The van der Waals surface area contributed by atoms with Crippen LogP contribution in [0.5, 0.6) is 0 Å². The topological polar surface area (TPSA) is 48.6 Å². The number of benzene rings is 2. The van der Waals surface area contributed by atoms with Crippen molar-refractivity contribution < 1.29 is 9.53 Å². The third kappa shape index (κ3) is 4.19. The SMILES string of the molecule is COC(=O)C1CN(CCc2ccccc2)CC12CCN(Cc1c[nH]c3ccccc13)CC2. The summed E-state index contributed by atoms with van der Waals surface area (Å²) in [4.78, 5) is 21.2. The monoisotopic (exact) mass is 431 g/mol. The lowest BCUT2D eigenvalue weighted by Gasteiger charge is -2.41. The minimum atomic E-state index is -0.0303. The zero-order valence-corrected chi connectivity index (χ0v) is 18.9. The Morgan fingerprint density at radius 1 is 1.06 bits per heavy atom. The summed E-state index contributed by atoms with van der Waals surface area (Å²) < 4.78 is 5.25. The Labute approximate surface area is 190 Å². The molecule has 1 aromatic heterocycles. The Morgan fingerprint density at radius 3 is 2.59 bits per heavy atom. The number of carbonyl (C=O) groups excluding carboxylic acids is 1. The van der Waals surface area contributed by atoms with E-state index in [1.165, 1.54) is 29.1 Å². The Kier molecular flexibility index (Phi) is 6.03. The number of aromatic nitrogens is 1. The van der Waals surface area contributed by atoms with Gasteiger partial charge in [0.15, 0.2) is 0 Å². The molecular weight excluding hydrogens is 398 g/mol. The van der Waals surface area contributed by atoms with Gasteiger partial charge in [-0.2, -0.15) is 0 Å². The number of rotatable bonds is 6. The first-order valence-corrected chi connectivity index (χ1v) is 11.8. The van der Waals surface area contributed by atoms with E-state index in [0.717, 1.165) is 58.5 Å². The third-order valence-electron chi connectivity index (χ3n) is 7.68. The Bertz CT molecular complexity index is 1050. The number of carbonyl (C=O) groups is 1. The van der Waals surface area contributed by atoms with Gasteiger partial charge in [-0.05, 0) is 49.5 Å². The lowest BCUT2D eigenvalue weighted by atomic mass is 9.70. The van der Waals surface area contributed by atoms with E-state index in [-0.39, 0.29) is 17.3 Å². The summed E-state index contributed by atoms with van der Waals surface area (Å²) in [5, 5.41) is 1.31. The molecule has 2 saturated heterocycles. The van der Waals surface area contributed by atoms with Crippen LogP contribution in [0.2, 0.25) is 0 Å². The molecule has 1 N–H and O–H groups in total. The summed E-state index contributed by atoms with van der Waals surface area (Å²) >= 11 is 0. The van der Waals surface area contributed by atoms with Crippen molar-refractivity contribution in [3.05, 3.63) is 71.9 Å². The van der Waals surface area contributed by atoms with Gasteiger partial charge in [0.2, 0.25) is 0 Å². The second-order valence-electron chi connectivity index (χ2n) is 9.54. The van der Waals surface area contributed by atoms with Gasteiger partial charge < -0.3 is 14.6 Å². The minimum Gasteiger partial charge on any atom is -0.469 e. The van der Waals surface area contributed by atoms with Crippen LogP contribution in [0.1, 0.15) is 24.0 Å². The van der Waals surface area contributed by atoms with Crippen LogP contribution in [0, 0.1) is 11.3 Å². The van der Waals surface area contributed by atoms with Crippen LogP contribution in [-0.2, 0) is 22.5 Å². The summed E-state index contributed by atoms with van der Waals surface area (Å²) in [5.41, 5.74) is 3.96. The molecule has 0 bridgehead atoms. The van der Waals surface area contributed by atoms with Crippen LogP contribution < -0.4 is 0 Å². The maximum atomic E-state index is 12.7. The number of ether oxygens (including phenoxy) is 1. The molecule has 3 aromatic rings. The van der Waals surface area contributed by atoms with E-state index in [9.17, 15) is 4.79 Å². The molecule has 0 radical (unpaired) electrons. The van der Waals surface area contributed by atoms with Crippen LogP contribution in [0.3, 0.4) is 0 Å². The summed E-state index contributed by atoms with van der Waals surface area (Å²) in [6, 6.07) is 19.1. The standard InChI is InChI=1S/C27H33N3O2/c1-32-26(31)24-19-30(14-11-21-7-3-2-4-8-21)20-27(24)12-15-29(16-13-27)18-22-17-28-25-10-6-5-9-23(22)25/h2-10,17,24,28H,11-16,18-20H2,1H3. The van der Waals surface area contributed by atoms with Gasteiger partial charge in [0.1, 0.15) is 0 Å². The van der Waals surface area contributed by atoms with E-state index in [2.05, 4.69) is 75.6 Å². The van der Waals surface area contributed by atoms with Gasteiger partial charge >= 0.3 is 5.97 Å². The predicted octanol–water partition coefficient (Wildman–Crippen LogP) is 4.10. The number of para-hydroxylation sites is 1. The van der Waals surface area contributed by atoms with E-state index in [1.807, 2.05) is 0 Å². The Morgan fingerprint density at radius 2 is 1.81 bits per heavy atom. The number of hydrogen-bond acceptors (Lipinski definition) is 4. The van der Waals surface area contributed by atoms with Crippen molar-refractivity contribution in [1.82, 2.24) is 14.8 Å². The van der Waals surface area contributed by atoms with Crippen molar-refractivity contribution in [2.75, 3.05) is 39.8 Å². The fourth-order valence-electron chi connectivity index (χ4n) is 5.81. The van der Waals surface area contributed by atoms with Gasteiger partial charge in [-0.25, -0.2) is 0 Å². The first-order chi connectivity index (χ1) is 15.7. The fraction of sp³-hybridized carbons (Fsp3) is 0.444. The van der Waals surface area contributed by atoms with Crippen molar-refractivity contribution in [2.45, 2.75) is 25.8 Å². The number of piperidine rings is 1. The van der Waals surface area contributed by atoms with Gasteiger partial charge in [0.05, 0.1) is 13.0 Å². The van der Waals surface area contributed by atoms with E-state index in [4.69, 9.17) is 4.74 Å². The van der Waals surface area contributed by atoms with Crippen molar-refractivity contribution in [1.29, 1.82) is 0 Å². The van der Waals surface area contributed by atoms with Gasteiger partial charge in [0.25, 0.3) is 0 Å². The van der Waals surface area contributed by atoms with E-state index in [0.29, 0.717) is 0 Å². The molecule has 5 rings (SSSR count). The molecule has 1 spiro atoms. The van der Waals surface area contributed by atoms with Crippen molar-refractivity contribution in [3.63, 3.8) is 0 Å². The van der Waals surface area contributed by atoms with Gasteiger partial charge in [-0.1, -0.05) is 48.5 Å². The van der Waals surface area contributed by atoms with E-state index < -0.39 is 0 Å². The quantitative estimate of drug-likeness (QED) is 0.597. The largest absolute Gasteiger partial charge is 0.469 e. The second kappa shape index (κ2) is 9.08. The Balaban J connectivity index is 1.24. The van der Waals surface area contributed by atoms with Crippen LogP contribution in [0.25, 0.3) is 10.9 Å². The molecule has 1 atom stereocenters. The minimum absolute atomic E-state index is 0.0153. The highest BCUT2D eigenvalue weighted by Gasteiger charge is 2.51. The first kappa shape index (κ1) is 21.2. The number of hydrogen-bond donors (Lipinski definition) is 1. The highest BCUT2D eigenvalue weighted by molar-refractivity contribution is 5.83. The van der Waals surface area contributed by atoms with Crippen molar-refractivity contribution in [2.24, 2.45) is 11.3 Å². The number of H-pyrrole nitrogens is 1. The Hall–Kier alpha value is -2.63. The number of aromatic amines is 1. The molecule has 2 fully saturated rings. The number of nitrogens with one attached hydrogen (secondary N) is 1. The second-order valence-corrected chi connectivity index (χ2v) is 9.54. The summed E-state index contributed by atoms with van der Waals surface area (Å²) in [5.74, 6) is -0.0456. The smallest absolute Gasteiger partial charge is 0.310 e. The number of esters is 1. The predicted molar refractivity (Wildman–Crippen MR) is 127 cm³/mol. The van der Waals surface area contributed by atoms with E-state index in [1.54, 1.807) is 0 Å². The summed E-state index contributed by atoms with van der Waals surface area (Å²) in [6.45, 7) is 5.83. The number of methoxy groups -OCH3 is 1. The number of fused-ring (bicyclic) bond motifs is 1. The van der Waals surface area contributed by atoms with Gasteiger partial charge in [0, 0.05) is 48.7 Å². The zero-order valence-electron chi connectivity index (χ0n) is 18.9. The molecule has 5 nitrogen and oxygen atoms in total. The molecule has 2 aliphatic heterocycles. The maximum Gasteiger partial charge on any atom is 0.310 e. The zero-order chi connectivity index (χ0) is 22.0. The lowest BCUT2D eigenvalue weighted by molar-refractivity contribution is -0.149. The van der Waals surface area contributed by atoms with Crippen molar-refractivity contribution >= 4 is 16.9 Å². The number of nitrogens with zero attached hydrogens (tertiary/aromatic N) is 2. The molecule has 0 amide bonds. The first-order valence-electron chi connectivity index (χ1n) is 11.8. The molecule has 2 aliphatic rings. The average Bonchev–Trinajstić information content (AvgIpc) is 3.41. The summed E-state index contributed by atoms with van der Waals surface area (Å²) in [7, 11) is 1.54. The normalized spacial score (nSPS) is 21.3. The van der Waals surface area contributed by atoms with Gasteiger partial charge in [-0.3, -0.25) is 9.69 Å². The number of likely N-dealkylation sites (tertiary alicyclic amines) is 2. The molecule has 3 heterocycles. The molecule has 5 heteroatoms. The van der Waals surface area contributed by atoms with E-state index >= 15 is 0 Å². The lowest BCUT2D eigenvalue weighted by Crippen LogP contribution is -2.46. The highest BCUT2D eigenvalue weighted by Crippen LogP contribution is 2.45. The molecular formula is C27H33N3O2. The molecule has 0 aliphatic carbocycles. The maximum absolute atomic E-state index is 12.7. The fourth-order valence-corrected chi connectivity index (χ4v) is 5.81. The van der Waals surface area contributed by atoms with Crippen LogP contribution in [0.4, 0.5) is 0 Å². The van der Waals surface area contributed by atoms with Crippen LogP contribution >= 0.6 is 0 Å². The average molecular weight is 432 g/mol. The summed E-state index contributed by atoms with van der Waals surface area (Å²) in [6.07, 6.45) is 5.28. The molecule has 0 saturated carbocycles. The third-order valence-corrected chi connectivity index (χ3v) is 7.68. The molecule has 32 heavy (non-hydrogen) atoms. The van der Waals surface area contributed by atoms with Gasteiger partial charge in [-0.15, -0.1) is 0 Å². The van der Waals surface area contributed by atoms with Crippen molar-refractivity contribution in [3.8, 4) is 0 Å². The molecule has 1 unspecified atom stereocenters. The van der Waals surface area contributed by atoms with Crippen LogP contribution in [0.15, 0.2) is 60.8 Å². The molecule has 168 valence electrons. The van der Waals surface area contributed by atoms with Crippen LogP contribution in [-0.4, -0.2) is 60.6 Å². The molecule has 2 aromatic carbocycles.